The molecule has 4 nitrogen and oxygen atoms in total. The van der Waals surface area contributed by atoms with Crippen LogP contribution < -0.4 is 5.73 Å². The normalized spacial score (nSPS) is 7.91. The van der Waals surface area contributed by atoms with Crippen molar-refractivity contribution in [1.29, 1.82) is 0 Å². The van der Waals surface area contributed by atoms with E-state index in [0.717, 1.165) is 6.42 Å². The van der Waals surface area contributed by atoms with Crippen LogP contribution in [-0.2, 0) is 9.59 Å². The Morgan fingerprint density at radius 3 is 1.82 bits per heavy atom. The third kappa shape index (κ3) is 27.3. The van der Waals surface area contributed by atoms with Gasteiger partial charge in [0, 0.05) is 6.42 Å². The smallest absolute Gasteiger partial charge is 0.303 e. The van der Waals surface area contributed by atoms with E-state index in [1.165, 1.54) is 6.92 Å². The average Bonchev–Trinajstić information content (AvgIpc) is 1.89. The molecule has 0 aromatic heterocycles. The SMILES string of the molecule is CC(=O)CN.CCCC(=O)O. The molecule has 0 aromatic rings. The molecule has 66 valence electrons. The summed E-state index contributed by atoms with van der Waals surface area (Å²) in [5, 5.41) is 7.91. The van der Waals surface area contributed by atoms with E-state index in [9.17, 15) is 9.59 Å². The number of carboxylic acid groups (broad SMARTS) is 1. The van der Waals surface area contributed by atoms with Crippen molar-refractivity contribution < 1.29 is 14.7 Å². The second-order valence-electron chi connectivity index (χ2n) is 2.05. The van der Waals surface area contributed by atoms with E-state index in [-0.39, 0.29) is 12.3 Å². The van der Waals surface area contributed by atoms with Gasteiger partial charge in [-0.25, -0.2) is 0 Å². The zero-order chi connectivity index (χ0) is 9.28. The van der Waals surface area contributed by atoms with E-state index < -0.39 is 5.97 Å². The molecule has 0 bridgehead atoms. The first-order chi connectivity index (χ1) is 5.04. The summed E-state index contributed by atoms with van der Waals surface area (Å²) in [6, 6.07) is 0. The molecule has 0 unspecified atom stereocenters. The van der Waals surface area contributed by atoms with Gasteiger partial charge >= 0.3 is 5.97 Å². The van der Waals surface area contributed by atoms with Crippen LogP contribution >= 0.6 is 0 Å². The van der Waals surface area contributed by atoms with E-state index in [0.29, 0.717) is 6.42 Å². The fourth-order valence-electron chi connectivity index (χ4n) is 0.214. The van der Waals surface area contributed by atoms with Crippen LogP contribution in [0.5, 0.6) is 0 Å². The Kier molecular flexibility index (Phi) is 10.5. The molecule has 0 fully saturated rings. The minimum atomic E-state index is -0.711. The Labute approximate surface area is 66.4 Å². The van der Waals surface area contributed by atoms with E-state index in [4.69, 9.17) is 10.8 Å². The second-order valence-corrected chi connectivity index (χ2v) is 2.05. The lowest BCUT2D eigenvalue weighted by Gasteiger charge is -1.79. The van der Waals surface area contributed by atoms with E-state index >= 15 is 0 Å². The molecule has 0 rings (SSSR count). The number of ketones is 1. The quantitative estimate of drug-likeness (QED) is 0.628. The fourth-order valence-corrected chi connectivity index (χ4v) is 0.214. The minimum Gasteiger partial charge on any atom is -0.481 e. The molecule has 0 aromatic carbocycles. The maximum Gasteiger partial charge on any atom is 0.303 e. The first-order valence-corrected chi connectivity index (χ1v) is 3.45. The van der Waals surface area contributed by atoms with Crippen LogP contribution in [0, 0.1) is 0 Å². The topological polar surface area (TPSA) is 80.4 Å². The summed E-state index contributed by atoms with van der Waals surface area (Å²) < 4.78 is 0. The maximum atomic E-state index is 9.69. The zero-order valence-corrected chi connectivity index (χ0v) is 6.96. The van der Waals surface area contributed by atoms with Crippen molar-refractivity contribution >= 4 is 11.8 Å². The third-order valence-corrected chi connectivity index (χ3v) is 0.751. The van der Waals surface area contributed by atoms with Gasteiger partial charge in [0.15, 0.2) is 0 Å². The Morgan fingerprint density at radius 1 is 1.45 bits per heavy atom. The molecule has 0 aliphatic heterocycles. The molecule has 0 saturated heterocycles. The van der Waals surface area contributed by atoms with Crippen LogP contribution in [0.1, 0.15) is 26.7 Å². The molecule has 0 heterocycles. The summed E-state index contributed by atoms with van der Waals surface area (Å²) in [6.45, 7) is 3.47. The number of nitrogens with two attached hydrogens (primary N) is 1. The summed E-state index contributed by atoms with van der Waals surface area (Å²) in [5.74, 6) is -0.678. The Morgan fingerprint density at radius 2 is 1.82 bits per heavy atom. The molecule has 0 aliphatic rings. The number of Topliss-reactive ketones (excluding diaryl/α,β-unsaturated/α-hetero) is 1. The zero-order valence-electron chi connectivity index (χ0n) is 6.96. The van der Waals surface area contributed by atoms with Crippen molar-refractivity contribution in [3.05, 3.63) is 0 Å². The first kappa shape index (κ1) is 12.7. The van der Waals surface area contributed by atoms with Crippen molar-refractivity contribution in [3.8, 4) is 0 Å². The lowest BCUT2D eigenvalue weighted by molar-refractivity contribution is -0.137. The van der Waals surface area contributed by atoms with Crippen molar-refractivity contribution in [2.45, 2.75) is 26.7 Å². The van der Waals surface area contributed by atoms with E-state index in [1.54, 1.807) is 0 Å². The largest absolute Gasteiger partial charge is 0.481 e. The first-order valence-electron chi connectivity index (χ1n) is 3.45. The van der Waals surface area contributed by atoms with Gasteiger partial charge in [-0.15, -0.1) is 0 Å². The molecule has 0 radical (unpaired) electrons. The van der Waals surface area contributed by atoms with Crippen LogP contribution in [0.15, 0.2) is 0 Å². The Bertz CT molecular complexity index is 123. The highest BCUT2D eigenvalue weighted by Crippen LogP contribution is 1.82. The monoisotopic (exact) mass is 161 g/mol. The standard InChI is InChI=1S/C4H8O2.C3H7NO/c1-2-3-4(5)6;1-3(5)2-4/h2-3H2,1H3,(H,5,6);2,4H2,1H3. The molecule has 0 aliphatic carbocycles. The number of carbonyl (C=O) groups is 2. The van der Waals surface area contributed by atoms with Crippen LogP contribution in [0.25, 0.3) is 0 Å². The molecule has 0 spiro atoms. The molecular formula is C7H15NO3. The highest BCUT2D eigenvalue weighted by Gasteiger charge is 1.87. The van der Waals surface area contributed by atoms with E-state index in [1.807, 2.05) is 6.92 Å². The lowest BCUT2D eigenvalue weighted by atomic mass is 10.4. The van der Waals surface area contributed by atoms with Crippen molar-refractivity contribution in [1.82, 2.24) is 0 Å². The number of carbonyl (C=O) groups excluding carboxylic acids is 1. The molecule has 11 heavy (non-hydrogen) atoms. The number of hydrogen-bond donors (Lipinski definition) is 2. The minimum absolute atomic E-state index is 0.0324. The third-order valence-electron chi connectivity index (χ3n) is 0.751. The second kappa shape index (κ2) is 9.10. The van der Waals surface area contributed by atoms with Crippen LogP contribution in [0.3, 0.4) is 0 Å². The van der Waals surface area contributed by atoms with Gasteiger partial charge in [-0.2, -0.15) is 0 Å². The molecule has 4 heteroatoms. The number of carboxylic acids is 1. The summed E-state index contributed by atoms with van der Waals surface area (Å²) in [6.07, 6.45) is 1.02. The number of rotatable bonds is 3. The summed E-state index contributed by atoms with van der Waals surface area (Å²) >= 11 is 0. The van der Waals surface area contributed by atoms with Gasteiger partial charge in [0.05, 0.1) is 6.54 Å². The van der Waals surface area contributed by atoms with Gasteiger partial charge in [-0.1, -0.05) is 6.92 Å². The molecule has 0 amide bonds. The highest BCUT2D eigenvalue weighted by molar-refractivity contribution is 5.77. The van der Waals surface area contributed by atoms with Crippen molar-refractivity contribution in [2.24, 2.45) is 5.73 Å². The molecule has 0 atom stereocenters. The average molecular weight is 161 g/mol. The number of hydrogen-bond acceptors (Lipinski definition) is 3. The highest BCUT2D eigenvalue weighted by atomic mass is 16.4. The van der Waals surface area contributed by atoms with Crippen LogP contribution in [-0.4, -0.2) is 23.4 Å². The Hall–Kier alpha value is -0.900. The molecule has 3 N–H and O–H groups in total. The van der Waals surface area contributed by atoms with Gasteiger partial charge < -0.3 is 10.8 Å². The van der Waals surface area contributed by atoms with Gasteiger partial charge in [0.25, 0.3) is 0 Å². The van der Waals surface area contributed by atoms with Crippen LogP contribution in [0.2, 0.25) is 0 Å². The predicted molar refractivity (Wildman–Crippen MR) is 42.3 cm³/mol. The van der Waals surface area contributed by atoms with Gasteiger partial charge in [0.1, 0.15) is 5.78 Å². The van der Waals surface area contributed by atoms with Crippen molar-refractivity contribution in [3.63, 3.8) is 0 Å². The van der Waals surface area contributed by atoms with Crippen molar-refractivity contribution in [2.75, 3.05) is 6.54 Å². The molecular weight excluding hydrogens is 146 g/mol. The van der Waals surface area contributed by atoms with E-state index in [2.05, 4.69) is 0 Å². The summed E-state index contributed by atoms with van der Waals surface area (Å²) in [5.41, 5.74) is 4.82. The van der Waals surface area contributed by atoms with Crippen LogP contribution in [0.4, 0.5) is 0 Å². The Balaban J connectivity index is 0. The van der Waals surface area contributed by atoms with Gasteiger partial charge in [-0.3, -0.25) is 9.59 Å². The molecule has 0 saturated carbocycles. The number of aliphatic carboxylic acids is 1. The van der Waals surface area contributed by atoms with Gasteiger partial charge in [0.2, 0.25) is 0 Å². The fraction of sp³-hybridized carbons (Fsp3) is 0.714. The predicted octanol–water partition coefficient (Wildman–Crippen LogP) is 0.405. The summed E-state index contributed by atoms with van der Waals surface area (Å²) in [7, 11) is 0. The van der Waals surface area contributed by atoms with Gasteiger partial charge in [-0.05, 0) is 13.3 Å². The lowest BCUT2D eigenvalue weighted by Crippen LogP contribution is -2.07. The maximum absolute atomic E-state index is 9.69. The summed E-state index contributed by atoms with van der Waals surface area (Å²) in [4.78, 5) is 19.3.